The van der Waals surface area contributed by atoms with Gasteiger partial charge in [0.2, 0.25) is 0 Å². The first-order chi connectivity index (χ1) is 11.7. The molecule has 0 aliphatic carbocycles. The minimum absolute atomic E-state index is 0.00425. The molecule has 4 rings (SSSR count). The molecule has 4 nitrogen and oxygen atoms in total. The third kappa shape index (κ3) is 2.75. The summed E-state index contributed by atoms with van der Waals surface area (Å²) >= 11 is 0. The summed E-state index contributed by atoms with van der Waals surface area (Å²) in [4.78, 5) is 14.8. The van der Waals surface area contributed by atoms with Gasteiger partial charge in [-0.25, -0.2) is 0 Å². The summed E-state index contributed by atoms with van der Waals surface area (Å²) in [6, 6.07) is 14.2. The van der Waals surface area contributed by atoms with Crippen LogP contribution in [0.25, 0.3) is 10.9 Å². The van der Waals surface area contributed by atoms with Gasteiger partial charge in [-0.3, -0.25) is 4.79 Å². The smallest absolute Gasteiger partial charge is 0.251 e. The molecular weight excluding hydrogens is 302 g/mol. The van der Waals surface area contributed by atoms with Gasteiger partial charge in [0.1, 0.15) is 13.2 Å². The van der Waals surface area contributed by atoms with E-state index in [-0.39, 0.29) is 5.56 Å². The molecule has 1 N–H and O–H groups in total. The first-order valence-corrected chi connectivity index (χ1v) is 8.26. The average molecular weight is 321 g/mol. The van der Waals surface area contributed by atoms with Gasteiger partial charge in [-0.05, 0) is 59.7 Å². The molecule has 24 heavy (non-hydrogen) atoms. The van der Waals surface area contributed by atoms with E-state index in [2.05, 4.69) is 23.2 Å². The van der Waals surface area contributed by atoms with Gasteiger partial charge in [-0.15, -0.1) is 0 Å². The third-order valence-corrected chi connectivity index (χ3v) is 4.38. The number of H-pyrrole nitrogens is 1. The number of ether oxygens (including phenoxy) is 2. The van der Waals surface area contributed by atoms with Gasteiger partial charge < -0.3 is 14.5 Å². The fourth-order valence-electron chi connectivity index (χ4n) is 3.11. The summed E-state index contributed by atoms with van der Waals surface area (Å²) in [5.74, 6) is 1.63. The van der Waals surface area contributed by atoms with E-state index in [1.807, 2.05) is 31.2 Å². The first-order valence-electron chi connectivity index (χ1n) is 8.26. The fourth-order valence-corrected chi connectivity index (χ4v) is 3.11. The number of hydrogen-bond donors (Lipinski definition) is 1. The van der Waals surface area contributed by atoms with Gasteiger partial charge in [0.25, 0.3) is 5.56 Å². The van der Waals surface area contributed by atoms with Gasteiger partial charge in [0.05, 0.1) is 0 Å². The van der Waals surface area contributed by atoms with Gasteiger partial charge in [-0.1, -0.05) is 19.1 Å². The van der Waals surface area contributed by atoms with Crippen LogP contribution in [-0.2, 0) is 12.8 Å². The summed E-state index contributed by atoms with van der Waals surface area (Å²) in [5, 5.41) is 1.07. The Morgan fingerprint density at radius 1 is 0.958 bits per heavy atom. The van der Waals surface area contributed by atoms with Crippen molar-refractivity contribution in [3.05, 3.63) is 69.5 Å². The molecule has 2 heterocycles. The van der Waals surface area contributed by atoms with E-state index < -0.39 is 0 Å². The van der Waals surface area contributed by atoms with E-state index in [1.54, 1.807) is 0 Å². The Balaban J connectivity index is 1.67. The zero-order valence-corrected chi connectivity index (χ0v) is 13.6. The second-order valence-corrected chi connectivity index (χ2v) is 6.05. The molecule has 0 spiro atoms. The van der Waals surface area contributed by atoms with E-state index in [0.29, 0.717) is 13.2 Å². The third-order valence-electron chi connectivity index (χ3n) is 4.38. The van der Waals surface area contributed by atoms with E-state index in [0.717, 1.165) is 40.8 Å². The van der Waals surface area contributed by atoms with E-state index in [4.69, 9.17) is 9.47 Å². The zero-order valence-electron chi connectivity index (χ0n) is 13.6. The number of aromatic amines is 1. The maximum absolute atomic E-state index is 11.9. The molecule has 1 aromatic heterocycles. The second-order valence-electron chi connectivity index (χ2n) is 6.05. The highest BCUT2D eigenvalue weighted by molar-refractivity contribution is 5.79. The van der Waals surface area contributed by atoms with Crippen molar-refractivity contribution in [1.29, 1.82) is 0 Å². The van der Waals surface area contributed by atoms with E-state index in [1.165, 1.54) is 11.1 Å². The summed E-state index contributed by atoms with van der Waals surface area (Å²) in [5.41, 5.74) is 4.08. The molecule has 4 heteroatoms. The predicted octanol–water partition coefficient (Wildman–Crippen LogP) is 3.45. The Bertz CT molecular complexity index is 959. The molecule has 0 fully saturated rings. The number of rotatable bonds is 3. The Morgan fingerprint density at radius 3 is 2.54 bits per heavy atom. The van der Waals surface area contributed by atoms with Crippen LogP contribution in [0.4, 0.5) is 0 Å². The van der Waals surface area contributed by atoms with Gasteiger partial charge in [0.15, 0.2) is 11.5 Å². The minimum Gasteiger partial charge on any atom is -0.486 e. The molecule has 0 amide bonds. The molecule has 0 radical (unpaired) electrons. The number of aromatic nitrogens is 1. The van der Waals surface area contributed by atoms with Crippen molar-refractivity contribution < 1.29 is 9.47 Å². The van der Waals surface area contributed by atoms with Crippen LogP contribution >= 0.6 is 0 Å². The van der Waals surface area contributed by atoms with Crippen LogP contribution in [0.5, 0.6) is 11.5 Å². The maximum atomic E-state index is 11.9. The summed E-state index contributed by atoms with van der Waals surface area (Å²) < 4.78 is 11.2. The van der Waals surface area contributed by atoms with Gasteiger partial charge in [0, 0.05) is 11.1 Å². The van der Waals surface area contributed by atoms with Crippen LogP contribution < -0.4 is 15.0 Å². The summed E-state index contributed by atoms with van der Waals surface area (Å²) in [6.45, 7) is 3.20. The maximum Gasteiger partial charge on any atom is 0.251 e. The van der Waals surface area contributed by atoms with Crippen molar-refractivity contribution in [2.75, 3.05) is 13.2 Å². The highest BCUT2D eigenvalue weighted by Gasteiger charge is 2.12. The Hall–Kier alpha value is -2.75. The molecule has 122 valence electrons. The Kier molecular flexibility index (Phi) is 3.73. The van der Waals surface area contributed by atoms with E-state index >= 15 is 0 Å². The second kappa shape index (κ2) is 6.04. The van der Waals surface area contributed by atoms with Crippen LogP contribution in [-0.4, -0.2) is 18.2 Å². The van der Waals surface area contributed by atoms with Crippen molar-refractivity contribution in [3.63, 3.8) is 0 Å². The Labute approximate surface area is 140 Å². The van der Waals surface area contributed by atoms with Crippen LogP contribution in [0, 0.1) is 0 Å². The largest absolute Gasteiger partial charge is 0.486 e. The first kappa shape index (κ1) is 14.8. The van der Waals surface area contributed by atoms with Crippen molar-refractivity contribution in [3.8, 4) is 11.5 Å². The standard InChI is InChI=1S/C20H19NO3/c1-2-15-12-16-10-13(3-5-17(16)21-20(15)22)9-14-4-6-18-19(11-14)24-8-7-23-18/h3-6,10-12H,2,7-9H2,1H3,(H,21,22). The molecule has 2 aromatic carbocycles. The molecule has 0 bridgehead atoms. The van der Waals surface area contributed by atoms with Crippen LogP contribution in [0.3, 0.4) is 0 Å². The number of hydrogen-bond acceptors (Lipinski definition) is 3. The molecule has 1 aliphatic rings. The van der Waals surface area contributed by atoms with Crippen LogP contribution in [0.15, 0.2) is 47.3 Å². The normalized spacial score (nSPS) is 13.2. The number of nitrogens with one attached hydrogen (secondary N) is 1. The molecule has 0 saturated carbocycles. The van der Waals surface area contributed by atoms with Crippen LogP contribution in [0.1, 0.15) is 23.6 Å². The highest BCUT2D eigenvalue weighted by atomic mass is 16.6. The van der Waals surface area contributed by atoms with Gasteiger partial charge >= 0.3 is 0 Å². The lowest BCUT2D eigenvalue weighted by molar-refractivity contribution is 0.171. The monoisotopic (exact) mass is 321 g/mol. The lowest BCUT2D eigenvalue weighted by Crippen LogP contribution is -2.15. The summed E-state index contributed by atoms with van der Waals surface area (Å²) in [6.07, 6.45) is 1.55. The molecule has 0 atom stereocenters. The van der Waals surface area contributed by atoms with Gasteiger partial charge in [-0.2, -0.15) is 0 Å². The number of aryl methyl sites for hydroxylation is 1. The highest BCUT2D eigenvalue weighted by Crippen LogP contribution is 2.31. The van der Waals surface area contributed by atoms with E-state index in [9.17, 15) is 4.79 Å². The van der Waals surface area contributed by atoms with Crippen molar-refractivity contribution in [2.24, 2.45) is 0 Å². The number of fused-ring (bicyclic) bond motifs is 2. The topological polar surface area (TPSA) is 51.3 Å². The molecule has 3 aromatic rings. The van der Waals surface area contributed by atoms with Crippen molar-refractivity contribution in [2.45, 2.75) is 19.8 Å². The Morgan fingerprint density at radius 2 is 1.71 bits per heavy atom. The van der Waals surface area contributed by atoms with Crippen molar-refractivity contribution in [1.82, 2.24) is 4.98 Å². The number of pyridine rings is 1. The summed E-state index contributed by atoms with van der Waals surface area (Å²) in [7, 11) is 0. The molecule has 0 unspecified atom stereocenters. The molecule has 1 aliphatic heterocycles. The van der Waals surface area contributed by atoms with Crippen molar-refractivity contribution >= 4 is 10.9 Å². The fraction of sp³-hybridized carbons (Fsp3) is 0.250. The molecular formula is C20H19NO3. The predicted molar refractivity (Wildman–Crippen MR) is 94.2 cm³/mol. The van der Waals surface area contributed by atoms with Crippen LogP contribution in [0.2, 0.25) is 0 Å². The minimum atomic E-state index is 0.00425. The average Bonchev–Trinajstić information content (AvgIpc) is 2.61. The lowest BCUT2D eigenvalue weighted by atomic mass is 10.0. The molecule has 0 saturated heterocycles. The lowest BCUT2D eigenvalue weighted by Gasteiger charge is -2.19. The zero-order chi connectivity index (χ0) is 16.5. The SMILES string of the molecule is CCc1cc2cc(Cc3ccc4c(c3)OCCO4)ccc2[nH]c1=O. The quantitative estimate of drug-likeness (QED) is 0.804. The number of benzene rings is 2.